The first-order chi connectivity index (χ1) is 12.9. The average Bonchev–Trinajstić information content (AvgIpc) is 2.57. The van der Waals surface area contributed by atoms with Crippen LogP contribution in [0.3, 0.4) is 0 Å². The summed E-state index contributed by atoms with van der Waals surface area (Å²) in [4.78, 5) is 25.1. The van der Waals surface area contributed by atoms with Crippen molar-refractivity contribution in [2.45, 2.75) is 44.5 Å². The summed E-state index contributed by atoms with van der Waals surface area (Å²) in [6.07, 6.45) is 1.16. The van der Waals surface area contributed by atoms with Crippen molar-refractivity contribution in [3.05, 3.63) is 23.0 Å². The predicted octanol–water partition coefficient (Wildman–Crippen LogP) is 4.38. The predicted molar refractivity (Wildman–Crippen MR) is 92.4 cm³/mol. The van der Waals surface area contributed by atoms with Crippen LogP contribution in [0.25, 0.3) is 0 Å². The minimum atomic E-state index is -5.12. The zero-order valence-electron chi connectivity index (χ0n) is 14.6. The SMILES string of the molecule is C#CC(=O)N(c1cc(Cl)c(OC(F)(F)F)cc1F)C1(C(=O)O)CCCC(C)C1. The topological polar surface area (TPSA) is 66.8 Å². The molecule has 2 rings (SSSR count). The van der Waals surface area contributed by atoms with Gasteiger partial charge in [0.2, 0.25) is 0 Å². The fourth-order valence-electron chi connectivity index (χ4n) is 3.51. The number of benzene rings is 1. The van der Waals surface area contributed by atoms with E-state index in [-0.39, 0.29) is 18.8 Å². The fourth-order valence-corrected chi connectivity index (χ4v) is 3.70. The van der Waals surface area contributed by atoms with E-state index in [1.165, 1.54) is 0 Å². The van der Waals surface area contributed by atoms with Crippen LogP contribution in [0.4, 0.5) is 23.2 Å². The molecule has 1 fully saturated rings. The maximum absolute atomic E-state index is 14.7. The highest BCUT2D eigenvalue weighted by molar-refractivity contribution is 6.32. The third-order valence-corrected chi connectivity index (χ3v) is 4.89. The number of hydrogen-bond acceptors (Lipinski definition) is 3. The monoisotopic (exact) mass is 421 g/mol. The van der Waals surface area contributed by atoms with Gasteiger partial charge in [-0.3, -0.25) is 9.69 Å². The molecule has 1 aliphatic rings. The van der Waals surface area contributed by atoms with Gasteiger partial charge in [-0.05, 0) is 30.7 Å². The summed E-state index contributed by atoms with van der Waals surface area (Å²) in [5, 5.41) is 9.20. The number of carbonyl (C=O) groups excluding carboxylic acids is 1. The lowest BCUT2D eigenvalue weighted by Gasteiger charge is -2.44. The molecular weight excluding hydrogens is 406 g/mol. The number of halogens is 5. The lowest BCUT2D eigenvalue weighted by Crippen LogP contribution is -2.59. The summed E-state index contributed by atoms with van der Waals surface area (Å²) in [6.45, 7) is 1.78. The Hall–Kier alpha value is -2.47. The van der Waals surface area contributed by atoms with Gasteiger partial charge in [-0.25, -0.2) is 9.18 Å². The second-order valence-corrected chi connectivity index (χ2v) is 7.01. The van der Waals surface area contributed by atoms with E-state index in [1.54, 1.807) is 12.8 Å². The van der Waals surface area contributed by atoms with Crippen molar-refractivity contribution < 1.29 is 37.0 Å². The highest BCUT2D eigenvalue weighted by Gasteiger charge is 2.50. The summed E-state index contributed by atoms with van der Waals surface area (Å²) >= 11 is 5.76. The number of anilines is 1. The lowest BCUT2D eigenvalue weighted by molar-refractivity contribution is -0.274. The number of carboxylic acid groups (broad SMARTS) is 1. The first kappa shape index (κ1) is 21.8. The van der Waals surface area contributed by atoms with Crippen LogP contribution >= 0.6 is 11.6 Å². The van der Waals surface area contributed by atoms with Crippen LogP contribution in [-0.4, -0.2) is 28.9 Å². The Kier molecular flexibility index (Phi) is 6.14. The second-order valence-electron chi connectivity index (χ2n) is 6.61. The summed E-state index contributed by atoms with van der Waals surface area (Å²) in [5.74, 6) is -3.24. The second kappa shape index (κ2) is 7.87. The molecule has 0 saturated heterocycles. The van der Waals surface area contributed by atoms with Gasteiger partial charge in [0.15, 0.2) is 11.6 Å². The number of nitrogens with zero attached hydrogens (tertiary/aromatic N) is 1. The highest BCUT2D eigenvalue weighted by Crippen LogP contribution is 2.43. The van der Waals surface area contributed by atoms with Gasteiger partial charge in [-0.1, -0.05) is 31.4 Å². The third-order valence-electron chi connectivity index (χ3n) is 4.59. The molecule has 2 unspecified atom stereocenters. The molecule has 0 heterocycles. The number of terminal acetylenes is 1. The van der Waals surface area contributed by atoms with Crippen molar-refractivity contribution in [1.29, 1.82) is 0 Å². The number of alkyl halides is 3. The molecular formula is C18H16ClF4NO4. The molecule has 5 nitrogen and oxygen atoms in total. The van der Waals surface area contributed by atoms with Gasteiger partial charge in [0.05, 0.1) is 10.7 Å². The van der Waals surface area contributed by atoms with Crippen molar-refractivity contribution in [3.8, 4) is 18.1 Å². The van der Waals surface area contributed by atoms with Crippen LogP contribution in [0.15, 0.2) is 12.1 Å². The van der Waals surface area contributed by atoms with E-state index < -0.39 is 46.1 Å². The van der Waals surface area contributed by atoms with Gasteiger partial charge >= 0.3 is 18.2 Å². The number of amides is 1. The van der Waals surface area contributed by atoms with Gasteiger partial charge in [0.1, 0.15) is 5.54 Å². The average molecular weight is 422 g/mol. The molecule has 1 amide bonds. The van der Waals surface area contributed by atoms with Crippen LogP contribution in [0, 0.1) is 24.1 Å². The van der Waals surface area contributed by atoms with Crippen molar-refractivity contribution in [2.75, 3.05) is 4.90 Å². The quantitative estimate of drug-likeness (QED) is 0.579. The molecule has 0 aliphatic heterocycles. The van der Waals surface area contributed by atoms with E-state index in [1.807, 2.05) is 0 Å². The van der Waals surface area contributed by atoms with Crippen LogP contribution in [0.5, 0.6) is 5.75 Å². The summed E-state index contributed by atoms with van der Waals surface area (Å²) in [7, 11) is 0. The third kappa shape index (κ3) is 4.33. The first-order valence-electron chi connectivity index (χ1n) is 8.20. The fraction of sp³-hybridized carbons (Fsp3) is 0.444. The summed E-state index contributed by atoms with van der Waals surface area (Å²) < 4.78 is 55.6. The molecule has 10 heteroatoms. The lowest BCUT2D eigenvalue weighted by atomic mass is 9.75. The van der Waals surface area contributed by atoms with E-state index >= 15 is 0 Å². The Morgan fingerprint density at radius 1 is 1.43 bits per heavy atom. The molecule has 1 aliphatic carbocycles. The van der Waals surface area contributed by atoms with Gasteiger partial charge in [0.25, 0.3) is 0 Å². The number of carboxylic acids is 1. The molecule has 2 atom stereocenters. The Labute approximate surface area is 163 Å². The van der Waals surface area contributed by atoms with Crippen molar-refractivity contribution >= 4 is 29.2 Å². The van der Waals surface area contributed by atoms with Gasteiger partial charge in [0, 0.05) is 6.07 Å². The zero-order chi connectivity index (χ0) is 21.3. The Bertz CT molecular complexity index is 836. The van der Waals surface area contributed by atoms with Crippen molar-refractivity contribution in [2.24, 2.45) is 5.92 Å². The Morgan fingerprint density at radius 3 is 2.57 bits per heavy atom. The molecule has 28 heavy (non-hydrogen) atoms. The van der Waals surface area contributed by atoms with Gasteiger partial charge < -0.3 is 9.84 Å². The number of rotatable bonds is 4. The minimum absolute atomic E-state index is 0.00203. The van der Waals surface area contributed by atoms with Crippen molar-refractivity contribution in [3.63, 3.8) is 0 Å². The van der Waals surface area contributed by atoms with Crippen LogP contribution < -0.4 is 9.64 Å². The molecule has 1 aromatic rings. The van der Waals surface area contributed by atoms with E-state index in [2.05, 4.69) is 4.74 Å². The molecule has 1 aromatic carbocycles. The number of carbonyl (C=O) groups is 2. The minimum Gasteiger partial charge on any atom is -0.479 e. The van der Waals surface area contributed by atoms with E-state index in [0.29, 0.717) is 29.9 Å². The number of aliphatic carboxylic acids is 1. The first-order valence-corrected chi connectivity index (χ1v) is 8.58. The largest absolute Gasteiger partial charge is 0.573 e. The molecule has 0 radical (unpaired) electrons. The molecule has 1 saturated carbocycles. The molecule has 0 bridgehead atoms. The highest BCUT2D eigenvalue weighted by atomic mass is 35.5. The van der Waals surface area contributed by atoms with Crippen LogP contribution in [0.1, 0.15) is 32.6 Å². The van der Waals surface area contributed by atoms with E-state index in [0.717, 1.165) is 0 Å². The summed E-state index contributed by atoms with van der Waals surface area (Å²) in [6, 6.07) is 1.04. The maximum Gasteiger partial charge on any atom is 0.573 e. The smallest absolute Gasteiger partial charge is 0.479 e. The van der Waals surface area contributed by atoms with E-state index in [9.17, 15) is 32.3 Å². The van der Waals surface area contributed by atoms with Gasteiger partial charge in [-0.2, -0.15) is 0 Å². The van der Waals surface area contributed by atoms with Crippen LogP contribution in [-0.2, 0) is 9.59 Å². The molecule has 0 spiro atoms. The summed E-state index contributed by atoms with van der Waals surface area (Å²) in [5.41, 5.74) is -2.48. The Balaban J connectivity index is 2.64. The molecule has 0 aromatic heterocycles. The normalized spacial score (nSPS) is 22.2. The van der Waals surface area contributed by atoms with Crippen molar-refractivity contribution in [1.82, 2.24) is 0 Å². The standard InChI is InChI=1S/C18H16ClF4NO4/c1-3-15(25)24(17(16(26)27)6-4-5-10(2)9-17)13-7-11(19)14(8-12(13)20)28-18(21,22)23/h1,7-8,10H,4-6,9H2,2H3,(H,26,27). The van der Waals surface area contributed by atoms with Crippen LogP contribution in [0.2, 0.25) is 5.02 Å². The number of hydrogen-bond donors (Lipinski definition) is 1. The maximum atomic E-state index is 14.7. The molecule has 152 valence electrons. The Morgan fingerprint density at radius 2 is 2.07 bits per heavy atom. The van der Waals surface area contributed by atoms with Gasteiger partial charge in [-0.15, -0.1) is 19.6 Å². The van der Waals surface area contributed by atoms with E-state index in [4.69, 9.17) is 18.0 Å². The molecule has 1 N–H and O–H groups in total. The number of ether oxygens (including phenoxy) is 1. The zero-order valence-corrected chi connectivity index (χ0v) is 15.4.